The van der Waals surface area contributed by atoms with Crippen LogP contribution in [0.5, 0.6) is 0 Å². The van der Waals surface area contributed by atoms with Gasteiger partial charge in [0.25, 0.3) is 0 Å². The fraction of sp³-hybridized carbons (Fsp3) is 0.923. The number of halogens is 1. The van der Waals surface area contributed by atoms with Crippen molar-refractivity contribution in [2.75, 3.05) is 0 Å². The second kappa shape index (κ2) is 6.05. The zero-order chi connectivity index (χ0) is 11.7. The molecule has 2 N–H and O–H groups in total. The topological polar surface area (TPSA) is 41.1 Å². The summed E-state index contributed by atoms with van der Waals surface area (Å²) in [6.45, 7) is 6.24. The van der Waals surface area contributed by atoms with E-state index in [2.05, 4.69) is 24.5 Å². The third-order valence-corrected chi connectivity index (χ3v) is 4.23. The van der Waals surface area contributed by atoms with Crippen molar-refractivity contribution < 1.29 is 4.79 Å². The Morgan fingerprint density at radius 1 is 1.18 bits per heavy atom. The Labute approximate surface area is 111 Å². The quantitative estimate of drug-likeness (QED) is 0.816. The fourth-order valence-corrected chi connectivity index (χ4v) is 2.81. The van der Waals surface area contributed by atoms with E-state index in [1.165, 1.54) is 12.8 Å². The first-order valence-electron chi connectivity index (χ1n) is 6.62. The molecule has 0 aromatic rings. The molecule has 0 aromatic carbocycles. The molecule has 0 radical (unpaired) electrons. The Kier molecular flexibility index (Phi) is 5.26. The second-order valence-electron chi connectivity index (χ2n) is 5.85. The number of amides is 1. The lowest BCUT2D eigenvalue weighted by atomic mass is 9.95. The van der Waals surface area contributed by atoms with E-state index in [1.807, 2.05) is 6.92 Å². The first kappa shape index (κ1) is 14.8. The Morgan fingerprint density at radius 2 is 1.71 bits per heavy atom. The summed E-state index contributed by atoms with van der Waals surface area (Å²) in [5.41, 5.74) is 0. The molecule has 3 unspecified atom stereocenters. The van der Waals surface area contributed by atoms with E-state index >= 15 is 0 Å². The van der Waals surface area contributed by atoms with Crippen molar-refractivity contribution in [2.24, 2.45) is 11.8 Å². The highest BCUT2D eigenvalue weighted by atomic mass is 35.5. The molecule has 100 valence electrons. The SMILES string of the molecule is CC(C)C(C)C(=O)NC1CC2CCC(C1)N2.Cl. The van der Waals surface area contributed by atoms with Crippen LogP contribution in [-0.2, 0) is 4.79 Å². The summed E-state index contributed by atoms with van der Waals surface area (Å²) < 4.78 is 0. The highest BCUT2D eigenvalue weighted by Crippen LogP contribution is 2.27. The number of rotatable bonds is 3. The van der Waals surface area contributed by atoms with Crippen molar-refractivity contribution in [1.82, 2.24) is 10.6 Å². The molecule has 0 aromatic heterocycles. The highest BCUT2D eigenvalue weighted by Gasteiger charge is 2.34. The predicted molar refractivity (Wildman–Crippen MR) is 72.4 cm³/mol. The first-order chi connectivity index (χ1) is 7.56. The highest BCUT2D eigenvalue weighted by molar-refractivity contribution is 5.85. The Morgan fingerprint density at radius 3 is 2.18 bits per heavy atom. The van der Waals surface area contributed by atoms with Crippen LogP contribution in [0.2, 0.25) is 0 Å². The van der Waals surface area contributed by atoms with Crippen molar-refractivity contribution in [1.29, 1.82) is 0 Å². The first-order valence-corrected chi connectivity index (χ1v) is 6.62. The van der Waals surface area contributed by atoms with Gasteiger partial charge in [0.05, 0.1) is 0 Å². The molecule has 2 heterocycles. The normalized spacial score (nSPS) is 33.1. The molecular weight excluding hydrogens is 236 g/mol. The number of carbonyl (C=O) groups excluding carboxylic acids is 1. The van der Waals surface area contributed by atoms with Crippen LogP contribution in [0, 0.1) is 11.8 Å². The molecule has 0 aliphatic carbocycles. The van der Waals surface area contributed by atoms with Crippen LogP contribution in [0.15, 0.2) is 0 Å². The van der Waals surface area contributed by atoms with E-state index in [0.29, 0.717) is 24.0 Å². The maximum Gasteiger partial charge on any atom is 0.223 e. The minimum absolute atomic E-state index is 0. The number of nitrogens with one attached hydrogen (secondary N) is 2. The summed E-state index contributed by atoms with van der Waals surface area (Å²) in [6.07, 6.45) is 4.81. The van der Waals surface area contributed by atoms with Gasteiger partial charge in [-0.2, -0.15) is 0 Å². The maximum atomic E-state index is 12.0. The van der Waals surface area contributed by atoms with Crippen molar-refractivity contribution >= 4 is 18.3 Å². The van der Waals surface area contributed by atoms with E-state index in [4.69, 9.17) is 0 Å². The lowest BCUT2D eigenvalue weighted by Gasteiger charge is -2.31. The summed E-state index contributed by atoms with van der Waals surface area (Å²) in [4.78, 5) is 12.0. The molecule has 3 nitrogen and oxygen atoms in total. The van der Waals surface area contributed by atoms with Gasteiger partial charge in [-0.05, 0) is 31.6 Å². The van der Waals surface area contributed by atoms with Gasteiger partial charge < -0.3 is 10.6 Å². The van der Waals surface area contributed by atoms with Gasteiger partial charge in [-0.25, -0.2) is 0 Å². The third-order valence-electron chi connectivity index (χ3n) is 4.23. The molecule has 0 spiro atoms. The van der Waals surface area contributed by atoms with Gasteiger partial charge in [-0.3, -0.25) is 4.79 Å². The molecule has 17 heavy (non-hydrogen) atoms. The minimum Gasteiger partial charge on any atom is -0.353 e. The average Bonchev–Trinajstić information content (AvgIpc) is 2.56. The minimum atomic E-state index is 0. The van der Waals surface area contributed by atoms with Crippen molar-refractivity contribution in [3.63, 3.8) is 0 Å². The predicted octanol–water partition coefficient (Wildman–Crippen LogP) is 2.10. The zero-order valence-corrected chi connectivity index (χ0v) is 11.8. The fourth-order valence-electron chi connectivity index (χ4n) is 2.81. The molecule has 2 aliphatic rings. The molecule has 1 amide bonds. The molecule has 3 atom stereocenters. The summed E-state index contributed by atoms with van der Waals surface area (Å²) in [7, 11) is 0. The summed E-state index contributed by atoms with van der Waals surface area (Å²) >= 11 is 0. The summed E-state index contributed by atoms with van der Waals surface area (Å²) in [5.74, 6) is 0.798. The van der Waals surface area contributed by atoms with Crippen LogP contribution < -0.4 is 10.6 Å². The molecule has 2 rings (SSSR count). The number of fused-ring (bicyclic) bond motifs is 2. The van der Waals surface area contributed by atoms with E-state index in [1.54, 1.807) is 0 Å². The number of hydrogen-bond acceptors (Lipinski definition) is 2. The molecule has 2 fully saturated rings. The largest absolute Gasteiger partial charge is 0.353 e. The smallest absolute Gasteiger partial charge is 0.223 e. The number of piperidine rings is 1. The van der Waals surface area contributed by atoms with Crippen LogP contribution in [0.3, 0.4) is 0 Å². The van der Waals surface area contributed by atoms with E-state index < -0.39 is 0 Å². The summed E-state index contributed by atoms with van der Waals surface area (Å²) in [5, 5.41) is 6.82. The van der Waals surface area contributed by atoms with Gasteiger partial charge >= 0.3 is 0 Å². The van der Waals surface area contributed by atoms with Crippen molar-refractivity contribution in [3.05, 3.63) is 0 Å². The number of hydrogen-bond donors (Lipinski definition) is 2. The van der Waals surface area contributed by atoms with Gasteiger partial charge in [0.15, 0.2) is 0 Å². The third kappa shape index (κ3) is 3.59. The van der Waals surface area contributed by atoms with Crippen LogP contribution >= 0.6 is 12.4 Å². The molecular formula is C13H25ClN2O. The van der Waals surface area contributed by atoms with Crippen LogP contribution in [0.4, 0.5) is 0 Å². The van der Waals surface area contributed by atoms with Gasteiger partial charge in [0, 0.05) is 24.0 Å². The Hall–Kier alpha value is -0.280. The molecule has 2 saturated heterocycles. The van der Waals surface area contributed by atoms with Crippen LogP contribution in [0.25, 0.3) is 0 Å². The van der Waals surface area contributed by atoms with E-state index in [0.717, 1.165) is 12.8 Å². The summed E-state index contributed by atoms with van der Waals surface area (Å²) in [6, 6.07) is 1.71. The Balaban J connectivity index is 0.00000144. The van der Waals surface area contributed by atoms with Crippen LogP contribution in [0.1, 0.15) is 46.5 Å². The van der Waals surface area contributed by atoms with E-state index in [-0.39, 0.29) is 24.2 Å². The lowest BCUT2D eigenvalue weighted by molar-refractivity contribution is -0.126. The standard InChI is InChI=1S/C13H24N2O.ClH/c1-8(2)9(3)13(16)15-12-6-10-4-5-11(7-12)14-10;/h8-12,14H,4-7H2,1-3H3,(H,15,16);1H. The van der Waals surface area contributed by atoms with Gasteiger partial charge in [0.2, 0.25) is 5.91 Å². The second-order valence-corrected chi connectivity index (χ2v) is 5.85. The van der Waals surface area contributed by atoms with Crippen molar-refractivity contribution in [3.8, 4) is 0 Å². The van der Waals surface area contributed by atoms with Gasteiger partial charge in [-0.15, -0.1) is 12.4 Å². The maximum absolute atomic E-state index is 12.0. The molecule has 0 saturated carbocycles. The Bertz CT molecular complexity index is 258. The molecule has 2 aliphatic heterocycles. The van der Waals surface area contributed by atoms with Crippen molar-refractivity contribution in [2.45, 2.75) is 64.6 Å². The number of carbonyl (C=O) groups is 1. The monoisotopic (exact) mass is 260 g/mol. The van der Waals surface area contributed by atoms with Crippen LogP contribution in [-0.4, -0.2) is 24.0 Å². The zero-order valence-electron chi connectivity index (χ0n) is 11.0. The van der Waals surface area contributed by atoms with Gasteiger partial charge in [-0.1, -0.05) is 20.8 Å². The molecule has 2 bridgehead atoms. The average molecular weight is 261 g/mol. The van der Waals surface area contributed by atoms with E-state index in [9.17, 15) is 4.79 Å². The van der Waals surface area contributed by atoms with Gasteiger partial charge in [0.1, 0.15) is 0 Å². The molecule has 4 heteroatoms. The lowest BCUT2D eigenvalue weighted by Crippen LogP contribution is -2.49.